The summed E-state index contributed by atoms with van der Waals surface area (Å²) < 4.78 is 10.8. The van der Waals surface area contributed by atoms with Gasteiger partial charge in [0.15, 0.2) is 0 Å². The van der Waals surface area contributed by atoms with Gasteiger partial charge in [-0.05, 0) is 38.0 Å². The van der Waals surface area contributed by atoms with Crippen molar-refractivity contribution < 1.29 is 19.4 Å². The maximum Gasteiger partial charge on any atom is 0.637 e. The van der Waals surface area contributed by atoms with Crippen LogP contribution < -0.4 is 0 Å². The molecule has 0 aromatic heterocycles. The minimum Gasteiger partial charge on any atom is -0.402 e. The van der Waals surface area contributed by atoms with E-state index < -0.39 is 24.6 Å². The zero-order valence-electron chi connectivity index (χ0n) is 11.9. The molecule has 0 amide bonds. The second kappa shape index (κ2) is 6.00. The van der Waals surface area contributed by atoms with E-state index in [2.05, 4.69) is 15.9 Å². The third-order valence-electron chi connectivity index (χ3n) is 4.12. The van der Waals surface area contributed by atoms with Crippen molar-refractivity contribution in [3.63, 3.8) is 0 Å². The van der Waals surface area contributed by atoms with Gasteiger partial charge in [0.1, 0.15) is 11.7 Å². The van der Waals surface area contributed by atoms with Gasteiger partial charge in [0.05, 0.1) is 15.6 Å². The van der Waals surface area contributed by atoms with Crippen molar-refractivity contribution in [3.8, 4) is 0 Å². The Bertz CT molecular complexity index is 557. The van der Waals surface area contributed by atoms with Crippen LogP contribution in [0.15, 0.2) is 12.1 Å². The first-order valence-corrected chi connectivity index (χ1v) is 8.26. The third kappa shape index (κ3) is 2.87. The number of benzene rings is 1. The molecule has 21 heavy (non-hydrogen) atoms. The smallest absolute Gasteiger partial charge is 0.402 e. The summed E-state index contributed by atoms with van der Waals surface area (Å²) in [5, 5.41) is 21.7. The molecule has 8 heteroatoms. The molecule has 1 heterocycles. The molecule has 1 saturated heterocycles. The highest BCUT2D eigenvalue weighted by Gasteiger charge is 2.58. The van der Waals surface area contributed by atoms with Gasteiger partial charge in [0, 0.05) is 5.33 Å². The van der Waals surface area contributed by atoms with Gasteiger partial charge in [-0.2, -0.15) is 0 Å². The molecule has 1 aliphatic rings. The summed E-state index contributed by atoms with van der Waals surface area (Å²) in [6, 6.07) is 3.32. The molecular formula is C13H16BBrCl2O4. The second-order valence-electron chi connectivity index (χ2n) is 5.63. The Balaban J connectivity index is 2.50. The van der Waals surface area contributed by atoms with Crippen molar-refractivity contribution in [3.05, 3.63) is 33.3 Å². The lowest BCUT2D eigenvalue weighted by atomic mass is 9.79. The molecule has 1 aliphatic heterocycles. The van der Waals surface area contributed by atoms with Crippen molar-refractivity contribution in [1.82, 2.24) is 0 Å². The zero-order chi connectivity index (χ0) is 16.0. The average Bonchev–Trinajstić information content (AvgIpc) is 2.60. The summed E-state index contributed by atoms with van der Waals surface area (Å²) >= 11 is 15.6. The van der Waals surface area contributed by atoms with E-state index >= 15 is 0 Å². The highest BCUT2D eigenvalue weighted by molar-refractivity contribution is 9.08. The minimum absolute atomic E-state index is 0.381. The summed E-state index contributed by atoms with van der Waals surface area (Å²) in [5.41, 5.74) is -0.768. The second-order valence-corrected chi connectivity index (χ2v) is 6.97. The highest BCUT2D eigenvalue weighted by Crippen LogP contribution is 2.47. The summed E-state index contributed by atoms with van der Waals surface area (Å²) in [7, 11) is -1.38. The van der Waals surface area contributed by atoms with Crippen molar-refractivity contribution in [2.45, 2.75) is 43.4 Å². The highest BCUT2D eigenvalue weighted by atomic mass is 79.9. The van der Waals surface area contributed by atoms with Gasteiger partial charge in [0.2, 0.25) is 0 Å². The first-order valence-electron chi connectivity index (χ1n) is 6.38. The van der Waals surface area contributed by atoms with Crippen LogP contribution in [0.4, 0.5) is 0 Å². The molecule has 0 bridgehead atoms. The zero-order valence-corrected chi connectivity index (χ0v) is 15.0. The van der Waals surface area contributed by atoms with Gasteiger partial charge in [-0.3, -0.25) is 0 Å². The van der Waals surface area contributed by atoms with Crippen molar-refractivity contribution in [1.29, 1.82) is 0 Å². The molecule has 116 valence electrons. The lowest BCUT2D eigenvalue weighted by Crippen LogP contribution is -2.49. The van der Waals surface area contributed by atoms with E-state index in [-0.39, 0.29) is 0 Å². The predicted molar refractivity (Wildman–Crippen MR) is 86.7 cm³/mol. The van der Waals surface area contributed by atoms with E-state index in [1.807, 2.05) is 0 Å². The van der Waals surface area contributed by atoms with E-state index in [1.165, 1.54) is 0 Å². The van der Waals surface area contributed by atoms with Crippen molar-refractivity contribution >= 4 is 46.5 Å². The summed E-state index contributed by atoms with van der Waals surface area (Å²) in [4.78, 5) is 0. The maximum atomic E-state index is 10.8. The summed E-state index contributed by atoms with van der Waals surface area (Å²) in [5.74, 6) is 0. The fourth-order valence-corrected chi connectivity index (χ4v) is 3.62. The Labute approximate surface area is 142 Å². The third-order valence-corrected chi connectivity index (χ3v) is 5.52. The Morgan fingerprint density at radius 1 is 1.29 bits per heavy atom. The SMILES string of the molecule is CC1(C)OB(O)OC1(C)C(O)c1ccc(Cl)c(Cl)c1CBr. The molecule has 2 N–H and O–H groups in total. The summed E-state index contributed by atoms with van der Waals surface area (Å²) in [6.07, 6.45) is -1.05. The Morgan fingerprint density at radius 2 is 1.90 bits per heavy atom. The molecule has 2 unspecified atom stereocenters. The van der Waals surface area contributed by atoms with Crippen LogP contribution in [0.25, 0.3) is 0 Å². The van der Waals surface area contributed by atoms with Crippen LogP contribution in [-0.2, 0) is 14.6 Å². The largest absolute Gasteiger partial charge is 0.637 e. The first kappa shape index (κ1) is 17.5. The molecule has 1 fully saturated rings. The van der Waals surface area contributed by atoms with Gasteiger partial charge in [-0.1, -0.05) is 45.2 Å². The number of halogens is 3. The molecule has 2 rings (SSSR count). The van der Waals surface area contributed by atoms with Gasteiger partial charge in [0.25, 0.3) is 0 Å². The molecule has 4 nitrogen and oxygen atoms in total. The monoisotopic (exact) mass is 396 g/mol. The topological polar surface area (TPSA) is 58.9 Å². The molecule has 1 aromatic carbocycles. The summed E-state index contributed by atoms with van der Waals surface area (Å²) in [6.45, 7) is 5.18. The fourth-order valence-electron chi connectivity index (χ4n) is 2.43. The number of alkyl halides is 1. The van der Waals surface area contributed by atoms with Crippen LogP contribution in [0.3, 0.4) is 0 Å². The fraction of sp³-hybridized carbons (Fsp3) is 0.538. The minimum atomic E-state index is -1.38. The quantitative estimate of drug-likeness (QED) is 0.605. The molecule has 0 spiro atoms. The molecule has 0 radical (unpaired) electrons. The van der Waals surface area contributed by atoms with E-state index in [9.17, 15) is 10.1 Å². The van der Waals surface area contributed by atoms with E-state index in [1.54, 1.807) is 32.9 Å². The van der Waals surface area contributed by atoms with Crippen LogP contribution >= 0.6 is 39.1 Å². The van der Waals surface area contributed by atoms with E-state index in [0.717, 1.165) is 0 Å². The molecular weight excluding hydrogens is 382 g/mol. The van der Waals surface area contributed by atoms with Gasteiger partial charge in [-0.25, -0.2) is 0 Å². The number of aliphatic hydroxyl groups excluding tert-OH is 1. The van der Waals surface area contributed by atoms with Crippen LogP contribution in [0.2, 0.25) is 10.0 Å². The normalized spacial score (nSPS) is 26.2. The van der Waals surface area contributed by atoms with Crippen molar-refractivity contribution in [2.75, 3.05) is 0 Å². The molecule has 2 atom stereocenters. The van der Waals surface area contributed by atoms with Gasteiger partial charge in [-0.15, -0.1) is 0 Å². The van der Waals surface area contributed by atoms with Crippen LogP contribution in [-0.4, -0.2) is 28.7 Å². The van der Waals surface area contributed by atoms with Gasteiger partial charge < -0.3 is 19.4 Å². The lowest BCUT2D eigenvalue weighted by Gasteiger charge is -2.40. The first-order chi connectivity index (χ1) is 9.64. The molecule has 0 saturated carbocycles. The standard InChI is InChI=1S/C13H16BBrCl2O4/c1-12(2)13(3,21-14(19)20-12)11(18)7-4-5-9(16)10(17)8(7)6-15/h4-5,11,18-19H,6H2,1-3H3. The lowest BCUT2D eigenvalue weighted by molar-refractivity contribution is -0.1000. The number of hydrogen-bond acceptors (Lipinski definition) is 4. The number of rotatable bonds is 3. The maximum absolute atomic E-state index is 10.8. The number of aliphatic hydroxyl groups is 1. The van der Waals surface area contributed by atoms with Crippen LogP contribution in [0.5, 0.6) is 0 Å². The van der Waals surface area contributed by atoms with Crippen LogP contribution in [0, 0.1) is 0 Å². The van der Waals surface area contributed by atoms with E-state index in [4.69, 9.17) is 32.5 Å². The van der Waals surface area contributed by atoms with Gasteiger partial charge >= 0.3 is 7.32 Å². The Hall–Kier alpha value is 0.185. The van der Waals surface area contributed by atoms with E-state index in [0.29, 0.717) is 26.5 Å². The molecule has 1 aromatic rings. The van der Waals surface area contributed by atoms with Crippen molar-refractivity contribution in [2.24, 2.45) is 0 Å². The number of hydrogen-bond donors (Lipinski definition) is 2. The predicted octanol–water partition coefficient (Wildman–Crippen LogP) is 3.48. The van der Waals surface area contributed by atoms with Crippen LogP contribution in [0.1, 0.15) is 38.0 Å². The Morgan fingerprint density at radius 3 is 2.38 bits per heavy atom. The Kier molecular flexibility index (Phi) is 5.01. The molecule has 0 aliphatic carbocycles. The average molecular weight is 398 g/mol.